The minimum atomic E-state index is -0.841. The Balaban J connectivity index is 3.36. The van der Waals surface area contributed by atoms with Crippen molar-refractivity contribution < 1.29 is 24.5 Å². The standard InChI is InChI=1S/C59H115NO5/c1-3-5-7-9-11-13-15-32-35-39-43-47-51-57(62)56(55-61)60-58(63)52-48-44-40-36-33-29-27-25-23-21-19-17-16-18-20-22-24-26-28-30-34-38-42-46-50-54-65-59(64)53-49-45-41-37-31-14-12-10-8-6-4-2/h47,51,56-57,61-62H,3-46,48-50,52-55H2,1-2H3,(H,60,63)/b51-47+. The molecule has 0 bridgehead atoms. The van der Waals surface area contributed by atoms with Crippen LogP contribution in [0, 0.1) is 0 Å². The van der Waals surface area contributed by atoms with Crippen LogP contribution < -0.4 is 5.32 Å². The van der Waals surface area contributed by atoms with Gasteiger partial charge in [-0.05, 0) is 32.1 Å². The highest BCUT2D eigenvalue weighted by Gasteiger charge is 2.18. The lowest BCUT2D eigenvalue weighted by atomic mass is 10.0. The third kappa shape index (κ3) is 51.8. The number of allylic oxidation sites excluding steroid dienone is 1. The fraction of sp³-hybridized carbons (Fsp3) is 0.932. The maximum atomic E-state index is 12.4. The van der Waals surface area contributed by atoms with E-state index in [9.17, 15) is 19.8 Å². The second-order valence-corrected chi connectivity index (χ2v) is 20.3. The van der Waals surface area contributed by atoms with Crippen molar-refractivity contribution in [3.05, 3.63) is 12.2 Å². The van der Waals surface area contributed by atoms with E-state index in [2.05, 4.69) is 19.2 Å². The average molecular weight is 919 g/mol. The van der Waals surface area contributed by atoms with Crippen molar-refractivity contribution in [2.45, 2.75) is 341 Å². The molecule has 0 saturated carbocycles. The van der Waals surface area contributed by atoms with E-state index >= 15 is 0 Å². The molecule has 0 aromatic rings. The van der Waals surface area contributed by atoms with Gasteiger partial charge in [-0.1, -0.05) is 296 Å². The molecule has 65 heavy (non-hydrogen) atoms. The van der Waals surface area contributed by atoms with Crippen molar-refractivity contribution in [2.75, 3.05) is 13.2 Å². The first-order chi connectivity index (χ1) is 32.0. The average Bonchev–Trinajstić information content (AvgIpc) is 3.31. The number of carbonyl (C=O) groups is 2. The van der Waals surface area contributed by atoms with Gasteiger partial charge >= 0.3 is 5.97 Å². The molecule has 0 fully saturated rings. The maximum Gasteiger partial charge on any atom is 0.305 e. The molecule has 2 atom stereocenters. The Morgan fingerprint density at radius 3 is 1.05 bits per heavy atom. The Hall–Kier alpha value is -1.40. The smallest absolute Gasteiger partial charge is 0.305 e. The Kier molecular flexibility index (Phi) is 54.0. The minimum absolute atomic E-state index is 0.0159. The normalized spacial score (nSPS) is 12.6. The molecule has 2 unspecified atom stereocenters. The van der Waals surface area contributed by atoms with E-state index in [4.69, 9.17) is 4.74 Å². The molecule has 0 heterocycles. The third-order valence-corrected chi connectivity index (χ3v) is 13.8. The summed E-state index contributed by atoms with van der Waals surface area (Å²) in [6.07, 6.45) is 65.3. The van der Waals surface area contributed by atoms with Crippen molar-refractivity contribution in [3.8, 4) is 0 Å². The van der Waals surface area contributed by atoms with Gasteiger partial charge in [0.2, 0.25) is 5.91 Å². The summed E-state index contributed by atoms with van der Waals surface area (Å²) < 4.78 is 5.47. The molecule has 0 aliphatic heterocycles. The van der Waals surface area contributed by atoms with E-state index in [0.29, 0.717) is 19.4 Å². The maximum absolute atomic E-state index is 12.4. The predicted octanol–water partition coefficient (Wildman–Crippen LogP) is 18.1. The number of hydrogen-bond donors (Lipinski definition) is 3. The fourth-order valence-electron chi connectivity index (χ4n) is 9.28. The van der Waals surface area contributed by atoms with Crippen LogP contribution in [-0.4, -0.2) is 47.4 Å². The molecular formula is C59H115NO5. The van der Waals surface area contributed by atoms with E-state index in [1.54, 1.807) is 6.08 Å². The van der Waals surface area contributed by atoms with Gasteiger partial charge < -0.3 is 20.3 Å². The lowest BCUT2D eigenvalue weighted by Gasteiger charge is -2.20. The molecule has 0 spiro atoms. The molecular weight excluding hydrogens is 803 g/mol. The van der Waals surface area contributed by atoms with Crippen LogP contribution in [-0.2, 0) is 14.3 Å². The second kappa shape index (κ2) is 55.2. The summed E-state index contributed by atoms with van der Waals surface area (Å²) >= 11 is 0. The van der Waals surface area contributed by atoms with E-state index in [1.165, 1.54) is 263 Å². The van der Waals surface area contributed by atoms with Crippen molar-refractivity contribution >= 4 is 11.9 Å². The summed E-state index contributed by atoms with van der Waals surface area (Å²) in [5.74, 6) is -0.0498. The van der Waals surface area contributed by atoms with E-state index in [0.717, 1.165) is 38.5 Å². The molecule has 386 valence electrons. The van der Waals surface area contributed by atoms with Crippen LogP contribution in [0.5, 0.6) is 0 Å². The van der Waals surface area contributed by atoms with Gasteiger partial charge in [0, 0.05) is 12.8 Å². The zero-order valence-electron chi connectivity index (χ0n) is 44.0. The number of aliphatic hydroxyl groups is 2. The predicted molar refractivity (Wildman–Crippen MR) is 283 cm³/mol. The zero-order valence-corrected chi connectivity index (χ0v) is 44.0. The van der Waals surface area contributed by atoms with Gasteiger partial charge in [0.25, 0.3) is 0 Å². The molecule has 0 radical (unpaired) electrons. The third-order valence-electron chi connectivity index (χ3n) is 13.8. The zero-order chi connectivity index (χ0) is 47.2. The van der Waals surface area contributed by atoms with Gasteiger partial charge in [0.15, 0.2) is 0 Å². The van der Waals surface area contributed by atoms with E-state index in [-0.39, 0.29) is 18.5 Å². The SMILES string of the molecule is CCCCCCCCCCCC/C=C/C(O)C(CO)NC(=O)CCCCCCCCCCCCCCCCCCCCCCCCCCCOC(=O)CCCCCCCCCCCCC. The van der Waals surface area contributed by atoms with Gasteiger partial charge in [-0.25, -0.2) is 0 Å². The van der Waals surface area contributed by atoms with Gasteiger partial charge in [-0.3, -0.25) is 9.59 Å². The van der Waals surface area contributed by atoms with Crippen LogP contribution in [0.2, 0.25) is 0 Å². The highest BCUT2D eigenvalue weighted by atomic mass is 16.5. The molecule has 0 aromatic heterocycles. The van der Waals surface area contributed by atoms with Crippen LogP contribution in [0.3, 0.4) is 0 Å². The first-order valence-corrected chi connectivity index (χ1v) is 29.5. The van der Waals surface area contributed by atoms with Gasteiger partial charge in [0.05, 0.1) is 25.4 Å². The van der Waals surface area contributed by atoms with Crippen molar-refractivity contribution in [2.24, 2.45) is 0 Å². The molecule has 0 aliphatic rings. The molecule has 3 N–H and O–H groups in total. The molecule has 0 rings (SSSR count). The number of aliphatic hydroxyl groups excluding tert-OH is 2. The molecule has 0 aliphatic carbocycles. The summed E-state index contributed by atoms with van der Waals surface area (Å²) in [5, 5.41) is 23.0. The lowest BCUT2D eigenvalue weighted by molar-refractivity contribution is -0.143. The van der Waals surface area contributed by atoms with Crippen LogP contribution in [0.1, 0.15) is 328 Å². The summed E-state index contributed by atoms with van der Waals surface area (Å²) in [7, 11) is 0. The summed E-state index contributed by atoms with van der Waals surface area (Å²) in [5.41, 5.74) is 0. The number of hydrogen-bond acceptors (Lipinski definition) is 5. The first-order valence-electron chi connectivity index (χ1n) is 29.5. The molecule has 1 amide bonds. The lowest BCUT2D eigenvalue weighted by Crippen LogP contribution is -2.45. The van der Waals surface area contributed by atoms with Crippen LogP contribution in [0.4, 0.5) is 0 Å². The Bertz CT molecular complexity index is 970. The largest absolute Gasteiger partial charge is 0.466 e. The molecule has 0 saturated heterocycles. The van der Waals surface area contributed by atoms with Gasteiger partial charge in [-0.15, -0.1) is 0 Å². The Morgan fingerprint density at radius 1 is 0.415 bits per heavy atom. The number of ether oxygens (including phenoxy) is 1. The summed E-state index contributed by atoms with van der Waals surface area (Å²) in [6, 6.07) is -0.624. The van der Waals surface area contributed by atoms with Gasteiger partial charge in [-0.2, -0.15) is 0 Å². The number of esters is 1. The first kappa shape index (κ1) is 63.6. The Labute approximate surface area is 406 Å². The molecule has 6 nitrogen and oxygen atoms in total. The van der Waals surface area contributed by atoms with Gasteiger partial charge in [0.1, 0.15) is 0 Å². The van der Waals surface area contributed by atoms with E-state index < -0.39 is 12.1 Å². The number of rotatable bonds is 55. The summed E-state index contributed by atoms with van der Waals surface area (Å²) in [4.78, 5) is 24.4. The fourth-order valence-corrected chi connectivity index (χ4v) is 9.28. The molecule has 6 heteroatoms. The van der Waals surface area contributed by atoms with Crippen LogP contribution in [0.25, 0.3) is 0 Å². The van der Waals surface area contributed by atoms with Crippen molar-refractivity contribution in [1.29, 1.82) is 0 Å². The summed E-state index contributed by atoms with van der Waals surface area (Å²) in [6.45, 7) is 4.91. The number of nitrogens with one attached hydrogen (secondary N) is 1. The molecule has 0 aromatic carbocycles. The Morgan fingerprint density at radius 2 is 0.708 bits per heavy atom. The highest BCUT2D eigenvalue weighted by molar-refractivity contribution is 5.76. The second-order valence-electron chi connectivity index (χ2n) is 20.3. The topological polar surface area (TPSA) is 95.9 Å². The number of amides is 1. The van der Waals surface area contributed by atoms with E-state index in [1.807, 2.05) is 6.08 Å². The number of unbranched alkanes of at least 4 members (excludes halogenated alkanes) is 44. The highest BCUT2D eigenvalue weighted by Crippen LogP contribution is 2.18. The van der Waals surface area contributed by atoms with Crippen molar-refractivity contribution in [3.63, 3.8) is 0 Å². The van der Waals surface area contributed by atoms with Crippen molar-refractivity contribution in [1.82, 2.24) is 5.32 Å². The van der Waals surface area contributed by atoms with Crippen LogP contribution in [0.15, 0.2) is 12.2 Å². The number of carbonyl (C=O) groups excluding carboxylic acids is 2. The monoisotopic (exact) mass is 918 g/mol. The van der Waals surface area contributed by atoms with Crippen LogP contribution >= 0.6 is 0 Å². The quantitative estimate of drug-likeness (QED) is 0.0321. The minimum Gasteiger partial charge on any atom is -0.466 e.